The number of nitrogens with zero attached hydrogens (tertiary/aromatic N) is 4. The molecule has 3 heterocycles. The van der Waals surface area contributed by atoms with Crippen LogP contribution in [0.1, 0.15) is 0 Å². The predicted molar refractivity (Wildman–Crippen MR) is 98.0 cm³/mol. The molecule has 0 amide bonds. The summed E-state index contributed by atoms with van der Waals surface area (Å²) in [5.41, 5.74) is 11.8. The van der Waals surface area contributed by atoms with Gasteiger partial charge in [0.15, 0.2) is 17.2 Å². The van der Waals surface area contributed by atoms with Crippen molar-refractivity contribution in [2.45, 2.75) is 0 Å². The molecule has 27 heavy (non-hydrogen) atoms. The minimum atomic E-state index is -0.634. The number of aromatic amines is 1. The molecule has 0 spiro atoms. The van der Waals surface area contributed by atoms with Crippen LogP contribution in [0.5, 0.6) is 0 Å². The number of fused-ring (bicyclic) bond motifs is 1. The first-order chi connectivity index (χ1) is 12.9. The van der Waals surface area contributed by atoms with Gasteiger partial charge in [-0.1, -0.05) is 0 Å². The Hall–Kier alpha value is -3.73. The number of hydrogen-bond acceptors (Lipinski definition) is 9. The van der Waals surface area contributed by atoms with Crippen LogP contribution in [0.4, 0.5) is 27.7 Å². The molecule has 4 aromatic rings. The van der Waals surface area contributed by atoms with Gasteiger partial charge in [-0.2, -0.15) is 9.97 Å². The van der Waals surface area contributed by atoms with Crippen molar-refractivity contribution in [3.05, 3.63) is 58.3 Å². The van der Waals surface area contributed by atoms with E-state index in [1.165, 1.54) is 6.20 Å². The van der Waals surface area contributed by atoms with Gasteiger partial charge in [0.05, 0.1) is 11.7 Å². The topological polar surface area (TPSA) is 162 Å². The highest BCUT2D eigenvalue weighted by Crippen LogP contribution is 2.21. The molecular weight excluding hydrogens is 379 g/mol. The number of nitrogen functional groups attached to an aromatic ring is 2. The number of nitrogens with two attached hydrogens (primary N) is 2. The van der Waals surface area contributed by atoms with Crippen molar-refractivity contribution in [1.82, 2.24) is 24.9 Å². The maximum absolute atomic E-state index is 13.5. The Morgan fingerprint density at radius 1 is 1.19 bits per heavy atom. The lowest BCUT2D eigenvalue weighted by Crippen LogP contribution is -1.98. The van der Waals surface area contributed by atoms with Crippen LogP contribution < -0.4 is 22.5 Å². The van der Waals surface area contributed by atoms with E-state index in [-0.39, 0.29) is 17.0 Å². The number of hydrogen-bond donors (Lipinski definition) is 4. The van der Waals surface area contributed by atoms with Gasteiger partial charge in [-0.15, -0.1) is 0 Å². The average Bonchev–Trinajstić information content (AvgIpc) is 2.98. The quantitative estimate of drug-likeness (QED) is 0.375. The Kier molecular flexibility index (Phi) is 5.13. The Labute approximate surface area is 155 Å². The van der Waals surface area contributed by atoms with Crippen molar-refractivity contribution in [3.8, 4) is 0 Å². The summed E-state index contributed by atoms with van der Waals surface area (Å²) in [7, 11) is 0. The van der Waals surface area contributed by atoms with E-state index in [4.69, 9.17) is 27.5 Å². The zero-order valence-electron chi connectivity index (χ0n) is 13.5. The Bertz CT molecular complexity index is 1130. The second-order valence-corrected chi connectivity index (χ2v) is 5.36. The molecule has 138 valence electrons. The number of H-pyrrole nitrogens is 1. The first kappa shape index (κ1) is 18.1. The highest BCUT2D eigenvalue weighted by molar-refractivity contribution is 6.28. The van der Waals surface area contributed by atoms with E-state index in [0.29, 0.717) is 22.6 Å². The van der Waals surface area contributed by atoms with Crippen LogP contribution in [-0.2, 0) is 0 Å². The van der Waals surface area contributed by atoms with E-state index < -0.39 is 11.6 Å². The van der Waals surface area contributed by atoms with Crippen LogP contribution >= 0.6 is 11.6 Å². The summed E-state index contributed by atoms with van der Waals surface area (Å²) in [4.78, 5) is 28.0. The number of anilines is 4. The summed E-state index contributed by atoms with van der Waals surface area (Å²) in [5, 5.41) is 2.67. The highest BCUT2D eigenvalue weighted by Gasteiger charge is 2.08. The SMILES string of the molecule is Nc1ccnc(N)n1.O=c1[nH]c2cc(Nc3nc(Cl)ncc3F)ccc2o1. The Morgan fingerprint density at radius 2 is 2.00 bits per heavy atom. The molecule has 0 atom stereocenters. The first-order valence-corrected chi connectivity index (χ1v) is 7.70. The summed E-state index contributed by atoms with van der Waals surface area (Å²) in [6, 6.07) is 6.37. The minimum Gasteiger partial charge on any atom is -0.408 e. The van der Waals surface area contributed by atoms with E-state index in [2.05, 4.69) is 30.2 Å². The van der Waals surface area contributed by atoms with E-state index in [0.717, 1.165) is 6.20 Å². The van der Waals surface area contributed by atoms with Crippen LogP contribution in [0.25, 0.3) is 11.1 Å². The zero-order chi connectivity index (χ0) is 19.4. The highest BCUT2D eigenvalue weighted by atomic mass is 35.5. The number of halogens is 2. The molecule has 12 heteroatoms. The van der Waals surface area contributed by atoms with Crippen molar-refractivity contribution >= 4 is 46.0 Å². The first-order valence-electron chi connectivity index (χ1n) is 7.32. The van der Waals surface area contributed by atoms with Crippen LogP contribution in [-0.4, -0.2) is 24.9 Å². The molecule has 0 saturated heterocycles. The normalized spacial score (nSPS) is 10.3. The van der Waals surface area contributed by atoms with Gasteiger partial charge in [-0.3, -0.25) is 4.98 Å². The van der Waals surface area contributed by atoms with Crippen LogP contribution in [0, 0.1) is 5.82 Å². The molecular formula is C15H12ClFN8O2. The Morgan fingerprint density at radius 3 is 2.70 bits per heavy atom. The average molecular weight is 391 g/mol. The second kappa shape index (κ2) is 7.66. The maximum Gasteiger partial charge on any atom is 0.417 e. The molecule has 0 bridgehead atoms. The van der Waals surface area contributed by atoms with Gasteiger partial charge < -0.3 is 21.2 Å². The summed E-state index contributed by atoms with van der Waals surface area (Å²) in [6.07, 6.45) is 2.48. The third kappa shape index (κ3) is 4.67. The number of aromatic nitrogens is 5. The van der Waals surface area contributed by atoms with Gasteiger partial charge in [-0.05, 0) is 35.9 Å². The summed E-state index contributed by atoms with van der Waals surface area (Å²) in [5.74, 6) is -0.624. The van der Waals surface area contributed by atoms with Gasteiger partial charge in [0.2, 0.25) is 11.2 Å². The van der Waals surface area contributed by atoms with E-state index in [1.807, 2.05) is 0 Å². The summed E-state index contributed by atoms with van der Waals surface area (Å²) >= 11 is 5.59. The fraction of sp³-hybridized carbons (Fsp3) is 0. The fourth-order valence-corrected chi connectivity index (χ4v) is 2.12. The molecule has 0 aliphatic rings. The molecule has 4 rings (SSSR count). The standard InChI is InChI=1S/C11H6ClFN4O2.C4H6N4/c12-10-14-4-6(13)9(17-10)15-5-1-2-8-7(3-5)16-11(18)19-8;5-3-1-2-7-4(6)8-3/h1-4H,(H,16,18)(H,14,15,17);1-2H,(H4,5,6,7,8). The maximum atomic E-state index is 13.5. The van der Waals surface area contributed by atoms with E-state index >= 15 is 0 Å². The predicted octanol–water partition coefficient (Wildman–Crippen LogP) is 2.09. The number of oxazole rings is 1. The molecule has 0 aliphatic heterocycles. The lowest BCUT2D eigenvalue weighted by molar-refractivity contribution is 0.555. The van der Waals surface area contributed by atoms with E-state index in [1.54, 1.807) is 24.3 Å². The zero-order valence-corrected chi connectivity index (χ0v) is 14.2. The molecule has 0 unspecified atom stereocenters. The van der Waals surface area contributed by atoms with E-state index in [9.17, 15) is 9.18 Å². The van der Waals surface area contributed by atoms with Crippen LogP contribution in [0.2, 0.25) is 5.28 Å². The van der Waals surface area contributed by atoms with Gasteiger partial charge in [0, 0.05) is 11.9 Å². The van der Waals surface area contributed by atoms with Crippen molar-refractivity contribution in [3.63, 3.8) is 0 Å². The fourth-order valence-electron chi connectivity index (χ4n) is 1.99. The molecule has 0 radical (unpaired) electrons. The smallest absolute Gasteiger partial charge is 0.408 e. The van der Waals surface area contributed by atoms with Gasteiger partial charge in [0.25, 0.3) is 0 Å². The lowest BCUT2D eigenvalue weighted by Gasteiger charge is -2.06. The van der Waals surface area contributed by atoms with Gasteiger partial charge in [0.1, 0.15) is 5.82 Å². The molecule has 10 nitrogen and oxygen atoms in total. The van der Waals surface area contributed by atoms with Crippen LogP contribution in [0.15, 0.2) is 45.9 Å². The van der Waals surface area contributed by atoms with Gasteiger partial charge in [-0.25, -0.2) is 19.2 Å². The summed E-state index contributed by atoms with van der Waals surface area (Å²) < 4.78 is 18.3. The minimum absolute atomic E-state index is 0.0507. The second-order valence-electron chi connectivity index (χ2n) is 5.03. The number of benzene rings is 1. The van der Waals surface area contributed by atoms with Gasteiger partial charge >= 0.3 is 5.76 Å². The van der Waals surface area contributed by atoms with Crippen molar-refractivity contribution in [2.24, 2.45) is 0 Å². The van der Waals surface area contributed by atoms with Crippen molar-refractivity contribution < 1.29 is 8.81 Å². The third-order valence-electron chi connectivity index (χ3n) is 3.09. The van der Waals surface area contributed by atoms with Crippen molar-refractivity contribution in [1.29, 1.82) is 0 Å². The monoisotopic (exact) mass is 390 g/mol. The number of nitrogens with one attached hydrogen (secondary N) is 2. The molecule has 0 aliphatic carbocycles. The van der Waals surface area contributed by atoms with Crippen LogP contribution in [0.3, 0.4) is 0 Å². The lowest BCUT2D eigenvalue weighted by atomic mass is 10.3. The molecule has 6 N–H and O–H groups in total. The largest absolute Gasteiger partial charge is 0.417 e. The van der Waals surface area contributed by atoms with Crippen molar-refractivity contribution in [2.75, 3.05) is 16.8 Å². The molecule has 0 saturated carbocycles. The number of rotatable bonds is 2. The third-order valence-corrected chi connectivity index (χ3v) is 3.27. The molecule has 3 aromatic heterocycles. The summed E-state index contributed by atoms with van der Waals surface area (Å²) in [6.45, 7) is 0. The molecule has 1 aromatic carbocycles. The Balaban J connectivity index is 0.000000221. The molecule has 0 fully saturated rings.